The van der Waals surface area contributed by atoms with E-state index in [4.69, 9.17) is 14.2 Å². The van der Waals surface area contributed by atoms with Crippen molar-refractivity contribution in [1.82, 2.24) is 25.2 Å². The van der Waals surface area contributed by atoms with Crippen LogP contribution in [0.25, 0.3) is 11.0 Å². The standard InChI is InChI=1S/C28H35N5O5/c1-2-36-21-13-11-20(12-14-21)27(28(35)29-17-22-7-5-15-37-22)32(18-23-8-6-16-38-23)26(34)19-33-25-10-4-3-9-24(25)30-31-33/h3-4,9-14,22-23,27H,2,5-8,15-19H2,1H3,(H,29,35). The van der Waals surface area contributed by atoms with Gasteiger partial charge in [0.25, 0.3) is 0 Å². The molecule has 2 aliphatic rings. The molecule has 3 heterocycles. The van der Waals surface area contributed by atoms with Crippen molar-refractivity contribution in [3.63, 3.8) is 0 Å². The van der Waals surface area contributed by atoms with Crippen molar-refractivity contribution >= 4 is 22.8 Å². The Morgan fingerprint density at radius 2 is 1.82 bits per heavy atom. The van der Waals surface area contributed by atoms with Crippen LogP contribution in [0, 0.1) is 0 Å². The molecule has 2 fully saturated rings. The summed E-state index contributed by atoms with van der Waals surface area (Å²) < 4.78 is 18.8. The van der Waals surface area contributed by atoms with E-state index in [2.05, 4.69) is 15.6 Å². The Kier molecular flexibility index (Phi) is 8.50. The average Bonchev–Trinajstić information content (AvgIpc) is 3.71. The van der Waals surface area contributed by atoms with Gasteiger partial charge < -0.3 is 24.4 Å². The van der Waals surface area contributed by atoms with Gasteiger partial charge in [-0.2, -0.15) is 0 Å². The SMILES string of the molecule is CCOc1ccc(C(C(=O)NCC2CCCO2)N(CC2CCCO2)C(=O)Cn2nnc3ccccc32)cc1. The minimum Gasteiger partial charge on any atom is -0.494 e. The van der Waals surface area contributed by atoms with Crippen LogP contribution in [0.3, 0.4) is 0 Å². The molecule has 0 bridgehead atoms. The molecule has 2 saturated heterocycles. The molecule has 10 nitrogen and oxygen atoms in total. The summed E-state index contributed by atoms with van der Waals surface area (Å²) in [5.41, 5.74) is 2.18. The van der Waals surface area contributed by atoms with Crippen LogP contribution in [0.1, 0.15) is 44.2 Å². The van der Waals surface area contributed by atoms with Crippen LogP contribution in [0.15, 0.2) is 48.5 Å². The quantitative estimate of drug-likeness (QED) is 0.413. The second kappa shape index (κ2) is 12.4. The largest absolute Gasteiger partial charge is 0.494 e. The van der Waals surface area contributed by atoms with Crippen molar-refractivity contribution in [3.05, 3.63) is 54.1 Å². The number of fused-ring (bicyclic) bond motifs is 1. The van der Waals surface area contributed by atoms with E-state index < -0.39 is 6.04 Å². The minimum absolute atomic E-state index is 0.0104. The zero-order valence-corrected chi connectivity index (χ0v) is 21.8. The summed E-state index contributed by atoms with van der Waals surface area (Å²) in [6, 6.07) is 14.0. The lowest BCUT2D eigenvalue weighted by Crippen LogP contribution is -2.48. The van der Waals surface area contributed by atoms with Gasteiger partial charge in [0.15, 0.2) is 0 Å². The van der Waals surface area contributed by atoms with Gasteiger partial charge in [0.2, 0.25) is 11.8 Å². The topological polar surface area (TPSA) is 108 Å². The maximum atomic E-state index is 13.9. The molecule has 10 heteroatoms. The molecule has 38 heavy (non-hydrogen) atoms. The Morgan fingerprint density at radius 1 is 1.08 bits per heavy atom. The van der Waals surface area contributed by atoms with E-state index >= 15 is 0 Å². The predicted octanol–water partition coefficient (Wildman–Crippen LogP) is 2.87. The highest BCUT2D eigenvalue weighted by Gasteiger charge is 2.35. The second-order valence-electron chi connectivity index (χ2n) is 9.70. The molecule has 3 aromatic rings. The van der Waals surface area contributed by atoms with E-state index in [-0.39, 0.29) is 30.6 Å². The third-order valence-electron chi connectivity index (χ3n) is 7.04. The van der Waals surface area contributed by atoms with Gasteiger partial charge >= 0.3 is 0 Å². The third kappa shape index (κ3) is 6.14. The highest BCUT2D eigenvalue weighted by Crippen LogP contribution is 2.27. The summed E-state index contributed by atoms with van der Waals surface area (Å²) in [6.45, 7) is 4.49. The van der Waals surface area contributed by atoms with Crippen molar-refractivity contribution in [2.24, 2.45) is 0 Å². The number of hydrogen-bond acceptors (Lipinski definition) is 7. The summed E-state index contributed by atoms with van der Waals surface area (Å²) in [5, 5.41) is 11.4. The lowest BCUT2D eigenvalue weighted by atomic mass is 10.0. The number of benzene rings is 2. The van der Waals surface area contributed by atoms with Gasteiger partial charge in [0, 0.05) is 26.3 Å². The Balaban J connectivity index is 1.44. The molecule has 0 saturated carbocycles. The fourth-order valence-electron chi connectivity index (χ4n) is 5.11. The van der Waals surface area contributed by atoms with Gasteiger partial charge in [-0.25, -0.2) is 4.68 Å². The summed E-state index contributed by atoms with van der Waals surface area (Å²) >= 11 is 0. The third-order valence-corrected chi connectivity index (χ3v) is 7.04. The first-order valence-electron chi connectivity index (χ1n) is 13.4. The van der Waals surface area contributed by atoms with Crippen LogP contribution in [0.5, 0.6) is 5.75 Å². The first kappa shape index (κ1) is 26.1. The predicted molar refractivity (Wildman–Crippen MR) is 141 cm³/mol. The first-order chi connectivity index (χ1) is 18.6. The van der Waals surface area contributed by atoms with E-state index in [0.29, 0.717) is 49.7 Å². The maximum Gasteiger partial charge on any atom is 0.247 e. The average molecular weight is 522 g/mol. The van der Waals surface area contributed by atoms with Crippen LogP contribution in [0.2, 0.25) is 0 Å². The molecule has 2 amide bonds. The number of carbonyl (C=O) groups is 2. The van der Waals surface area contributed by atoms with E-state index in [1.54, 1.807) is 9.58 Å². The molecule has 2 aromatic carbocycles. The zero-order chi connectivity index (χ0) is 26.3. The van der Waals surface area contributed by atoms with Gasteiger partial charge in [0.1, 0.15) is 23.9 Å². The van der Waals surface area contributed by atoms with E-state index in [1.807, 2.05) is 55.5 Å². The molecular weight excluding hydrogens is 486 g/mol. The molecule has 0 spiro atoms. The number of ether oxygens (including phenoxy) is 3. The number of para-hydroxylation sites is 1. The lowest BCUT2D eigenvalue weighted by molar-refractivity contribution is -0.143. The van der Waals surface area contributed by atoms with Gasteiger partial charge in [0.05, 0.1) is 24.3 Å². The molecule has 0 radical (unpaired) electrons. The van der Waals surface area contributed by atoms with Crippen LogP contribution in [0.4, 0.5) is 0 Å². The van der Waals surface area contributed by atoms with Crippen LogP contribution >= 0.6 is 0 Å². The Morgan fingerprint density at radius 3 is 2.53 bits per heavy atom. The lowest BCUT2D eigenvalue weighted by Gasteiger charge is -2.33. The number of carbonyl (C=O) groups excluding carboxylic acids is 2. The Hall–Kier alpha value is -3.50. The molecule has 202 valence electrons. The van der Waals surface area contributed by atoms with Crippen molar-refractivity contribution in [3.8, 4) is 5.75 Å². The molecule has 2 aliphatic heterocycles. The van der Waals surface area contributed by atoms with E-state index in [9.17, 15) is 9.59 Å². The van der Waals surface area contributed by atoms with Gasteiger partial charge in [-0.3, -0.25) is 9.59 Å². The minimum atomic E-state index is -0.849. The second-order valence-corrected chi connectivity index (χ2v) is 9.70. The highest BCUT2D eigenvalue weighted by atomic mass is 16.5. The van der Waals surface area contributed by atoms with Gasteiger partial charge in [-0.15, -0.1) is 5.10 Å². The monoisotopic (exact) mass is 521 g/mol. The van der Waals surface area contributed by atoms with E-state index in [0.717, 1.165) is 31.2 Å². The normalized spacial score (nSPS) is 19.9. The van der Waals surface area contributed by atoms with Crippen LogP contribution < -0.4 is 10.1 Å². The number of aromatic nitrogens is 3. The Bertz CT molecular complexity index is 1220. The van der Waals surface area contributed by atoms with Crippen molar-refractivity contribution in [2.75, 3.05) is 32.9 Å². The summed E-state index contributed by atoms with van der Waals surface area (Å²) in [6.07, 6.45) is 3.51. The Labute approximate surface area is 222 Å². The van der Waals surface area contributed by atoms with Crippen molar-refractivity contribution in [1.29, 1.82) is 0 Å². The molecule has 1 aromatic heterocycles. The fourth-order valence-corrected chi connectivity index (χ4v) is 5.11. The summed E-state index contributed by atoms with van der Waals surface area (Å²) in [5.74, 6) is 0.225. The van der Waals surface area contributed by atoms with Crippen LogP contribution in [-0.4, -0.2) is 76.8 Å². The van der Waals surface area contributed by atoms with Gasteiger partial charge in [-0.05, 0) is 62.4 Å². The van der Waals surface area contributed by atoms with Crippen molar-refractivity contribution in [2.45, 2.75) is 57.4 Å². The summed E-state index contributed by atoms with van der Waals surface area (Å²) in [4.78, 5) is 29.4. The molecule has 0 aliphatic carbocycles. The number of rotatable bonds is 11. The maximum absolute atomic E-state index is 13.9. The molecular formula is C28H35N5O5. The first-order valence-corrected chi connectivity index (χ1v) is 13.4. The van der Waals surface area contributed by atoms with Crippen LogP contribution in [-0.2, 0) is 25.6 Å². The number of nitrogens with one attached hydrogen (secondary N) is 1. The summed E-state index contributed by atoms with van der Waals surface area (Å²) in [7, 11) is 0. The smallest absolute Gasteiger partial charge is 0.247 e. The molecule has 1 N–H and O–H groups in total. The molecule has 3 unspecified atom stereocenters. The zero-order valence-electron chi connectivity index (χ0n) is 21.8. The fraction of sp³-hybridized carbons (Fsp3) is 0.500. The number of amides is 2. The molecule has 5 rings (SSSR count). The van der Waals surface area contributed by atoms with E-state index in [1.165, 1.54) is 0 Å². The number of hydrogen-bond donors (Lipinski definition) is 1. The van der Waals surface area contributed by atoms with Gasteiger partial charge in [-0.1, -0.05) is 29.5 Å². The molecule has 3 atom stereocenters. The van der Waals surface area contributed by atoms with Crippen molar-refractivity contribution < 1.29 is 23.8 Å². The number of nitrogens with zero attached hydrogens (tertiary/aromatic N) is 4. The highest BCUT2D eigenvalue weighted by molar-refractivity contribution is 5.89.